The molecule has 4 rings (SSSR count). The van der Waals surface area contributed by atoms with Crippen LogP contribution in [0.2, 0.25) is 10.0 Å². The first-order valence-corrected chi connectivity index (χ1v) is 8.97. The Kier molecular flexibility index (Phi) is 4.21. The second-order valence-corrected chi connectivity index (χ2v) is 7.50. The topological polar surface area (TPSA) is 54.3 Å². The maximum absolute atomic E-state index is 12.7. The van der Waals surface area contributed by atoms with Gasteiger partial charge in [-0.05, 0) is 36.6 Å². The van der Waals surface area contributed by atoms with Gasteiger partial charge >= 0.3 is 6.03 Å². The smallest absolute Gasteiger partial charge is 0.321 e. The highest BCUT2D eigenvalue weighted by atomic mass is 35.5. The zero-order chi connectivity index (χ0) is 17.6. The molecule has 0 saturated carbocycles. The summed E-state index contributed by atoms with van der Waals surface area (Å²) in [6, 6.07) is 10.2. The molecule has 0 aliphatic carbocycles. The van der Waals surface area contributed by atoms with Crippen LogP contribution >= 0.6 is 23.2 Å². The van der Waals surface area contributed by atoms with Crippen molar-refractivity contribution in [2.75, 3.05) is 18.4 Å². The minimum atomic E-state index is -0.175. The van der Waals surface area contributed by atoms with Gasteiger partial charge in [-0.2, -0.15) is 0 Å². The summed E-state index contributed by atoms with van der Waals surface area (Å²) >= 11 is 12.0. The zero-order valence-corrected chi connectivity index (χ0v) is 14.9. The minimum Gasteiger partial charge on any atom is -0.324 e. The normalized spacial score (nSPS) is 21.6. The largest absolute Gasteiger partial charge is 0.324 e. The Balaban J connectivity index is 1.54. The van der Waals surface area contributed by atoms with E-state index in [0.29, 0.717) is 35.4 Å². The number of carbonyl (C=O) groups excluding carboxylic acids is 1. The number of benzene rings is 1. The highest BCUT2D eigenvalue weighted by Gasteiger charge is 2.36. The fourth-order valence-electron chi connectivity index (χ4n) is 3.85. The van der Waals surface area contributed by atoms with E-state index in [0.717, 1.165) is 12.1 Å². The molecule has 1 aromatic heterocycles. The molecule has 7 heteroatoms. The van der Waals surface area contributed by atoms with Crippen LogP contribution in [0, 0.1) is 5.92 Å². The van der Waals surface area contributed by atoms with Crippen LogP contribution in [0.5, 0.6) is 0 Å². The van der Waals surface area contributed by atoms with Gasteiger partial charge in [0, 0.05) is 42.3 Å². The number of nitrogens with zero attached hydrogens (tertiary/aromatic N) is 2. The number of hydrogen-bond acceptors (Lipinski definition) is 2. The molecule has 2 aliphatic heterocycles. The Morgan fingerprint density at radius 3 is 2.76 bits per heavy atom. The van der Waals surface area contributed by atoms with Crippen LogP contribution in [0.3, 0.4) is 0 Å². The van der Waals surface area contributed by atoms with Gasteiger partial charge in [0.2, 0.25) is 0 Å². The Labute approximate surface area is 155 Å². The molecule has 5 nitrogen and oxygen atoms in total. The molecule has 2 amide bonds. The molecule has 130 valence electrons. The third-order valence-electron chi connectivity index (χ3n) is 4.94. The van der Waals surface area contributed by atoms with Gasteiger partial charge < -0.3 is 14.8 Å². The van der Waals surface area contributed by atoms with Crippen molar-refractivity contribution >= 4 is 34.9 Å². The van der Waals surface area contributed by atoms with Crippen molar-refractivity contribution in [3.8, 4) is 0 Å². The van der Waals surface area contributed by atoms with Gasteiger partial charge in [0.05, 0.1) is 10.7 Å². The molecule has 2 bridgehead atoms. The number of nitrogens with one attached hydrogen (secondary N) is 1. The van der Waals surface area contributed by atoms with Crippen molar-refractivity contribution in [2.24, 2.45) is 5.92 Å². The van der Waals surface area contributed by atoms with Crippen LogP contribution in [0.15, 0.2) is 41.2 Å². The quantitative estimate of drug-likeness (QED) is 0.821. The molecule has 25 heavy (non-hydrogen) atoms. The summed E-state index contributed by atoms with van der Waals surface area (Å²) in [6.07, 6.45) is 1.01. The first kappa shape index (κ1) is 16.5. The fourth-order valence-corrected chi connectivity index (χ4v) is 4.30. The summed E-state index contributed by atoms with van der Waals surface area (Å²) in [5.74, 6) is 0.477. The molecule has 1 fully saturated rings. The van der Waals surface area contributed by atoms with E-state index in [1.807, 2.05) is 15.5 Å². The van der Waals surface area contributed by atoms with E-state index in [-0.39, 0.29) is 23.4 Å². The molecule has 0 spiro atoms. The van der Waals surface area contributed by atoms with Crippen LogP contribution < -0.4 is 10.9 Å². The summed E-state index contributed by atoms with van der Waals surface area (Å²) in [6.45, 7) is 1.89. The molecule has 1 aromatic carbocycles. The van der Waals surface area contributed by atoms with Crippen molar-refractivity contribution in [1.82, 2.24) is 9.47 Å². The summed E-state index contributed by atoms with van der Waals surface area (Å²) in [4.78, 5) is 26.5. The highest BCUT2D eigenvalue weighted by molar-refractivity contribution is 6.36. The molecule has 2 aromatic rings. The molecular weight excluding hydrogens is 361 g/mol. The van der Waals surface area contributed by atoms with Crippen LogP contribution in [0.4, 0.5) is 10.5 Å². The van der Waals surface area contributed by atoms with Gasteiger partial charge in [0.25, 0.3) is 5.56 Å². The van der Waals surface area contributed by atoms with Crippen LogP contribution in [-0.4, -0.2) is 28.6 Å². The van der Waals surface area contributed by atoms with Gasteiger partial charge in [-0.3, -0.25) is 4.79 Å². The second-order valence-electron chi connectivity index (χ2n) is 6.66. The van der Waals surface area contributed by atoms with E-state index < -0.39 is 0 Å². The second kappa shape index (κ2) is 6.39. The number of hydrogen-bond donors (Lipinski definition) is 1. The van der Waals surface area contributed by atoms with Crippen LogP contribution in [0.25, 0.3) is 0 Å². The molecule has 1 saturated heterocycles. The zero-order valence-electron chi connectivity index (χ0n) is 13.4. The lowest BCUT2D eigenvalue weighted by Crippen LogP contribution is -2.50. The number of pyridine rings is 1. The third kappa shape index (κ3) is 3.14. The van der Waals surface area contributed by atoms with Gasteiger partial charge in [-0.15, -0.1) is 0 Å². The average molecular weight is 378 g/mol. The lowest BCUT2D eigenvalue weighted by atomic mass is 9.83. The van der Waals surface area contributed by atoms with Crippen molar-refractivity contribution in [3.63, 3.8) is 0 Å². The van der Waals surface area contributed by atoms with Crippen molar-refractivity contribution < 1.29 is 4.79 Å². The fraction of sp³-hybridized carbons (Fsp3) is 0.333. The predicted octanol–water partition coefficient (Wildman–Crippen LogP) is 3.81. The Morgan fingerprint density at radius 1 is 1.12 bits per heavy atom. The predicted molar refractivity (Wildman–Crippen MR) is 98.6 cm³/mol. The highest BCUT2D eigenvalue weighted by Crippen LogP contribution is 2.35. The number of rotatable bonds is 1. The standard InChI is InChI=1S/C18H17Cl2N3O2/c19-13-4-5-15(14(20)7-13)21-18(25)22-8-11-6-12(10-22)16-2-1-3-17(24)23(16)9-11/h1-5,7,11-12H,6,8-10H2,(H,21,25)/t11-,12-/m1/s1. The summed E-state index contributed by atoms with van der Waals surface area (Å²) in [7, 11) is 0. The first-order valence-electron chi connectivity index (χ1n) is 8.22. The number of likely N-dealkylation sites (tertiary alicyclic amines) is 1. The average Bonchev–Trinajstić information content (AvgIpc) is 2.58. The first-order chi connectivity index (χ1) is 12.0. The molecule has 1 N–H and O–H groups in total. The number of urea groups is 1. The maximum Gasteiger partial charge on any atom is 0.321 e. The van der Waals surface area contributed by atoms with E-state index in [4.69, 9.17) is 23.2 Å². The molecule has 0 radical (unpaired) electrons. The number of fused-ring (bicyclic) bond motifs is 4. The Bertz CT molecular complexity index is 896. The van der Waals surface area contributed by atoms with Crippen molar-refractivity contribution in [2.45, 2.75) is 18.9 Å². The molecule has 3 heterocycles. The van der Waals surface area contributed by atoms with Crippen LogP contribution in [-0.2, 0) is 6.54 Å². The third-order valence-corrected chi connectivity index (χ3v) is 5.49. The van der Waals surface area contributed by atoms with E-state index in [1.165, 1.54) is 0 Å². The van der Waals surface area contributed by atoms with Gasteiger partial charge in [0.1, 0.15) is 0 Å². The number of halogens is 2. The molecule has 2 atom stereocenters. The van der Waals surface area contributed by atoms with Gasteiger partial charge in [-0.1, -0.05) is 29.3 Å². The number of aromatic nitrogens is 1. The number of amides is 2. The molecule has 0 unspecified atom stereocenters. The number of carbonyl (C=O) groups is 1. The Hall–Kier alpha value is -1.98. The lowest BCUT2D eigenvalue weighted by Gasteiger charge is -2.42. The Morgan fingerprint density at radius 2 is 1.96 bits per heavy atom. The van der Waals surface area contributed by atoms with E-state index in [1.54, 1.807) is 30.3 Å². The van der Waals surface area contributed by atoms with Crippen molar-refractivity contribution in [3.05, 3.63) is 62.5 Å². The summed E-state index contributed by atoms with van der Waals surface area (Å²) < 4.78 is 1.85. The summed E-state index contributed by atoms with van der Waals surface area (Å²) in [5, 5.41) is 3.80. The molecular formula is C18H17Cl2N3O2. The minimum absolute atomic E-state index is 0.0399. The van der Waals surface area contributed by atoms with Crippen molar-refractivity contribution in [1.29, 1.82) is 0 Å². The number of piperidine rings is 1. The van der Waals surface area contributed by atoms with E-state index in [2.05, 4.69) is 5.32 Å². The van der Waals surface area contributed by atoms with E-state index in [9.17, 15) is 9.59 Å². The van der Waals surface area contributed by atoms with Gasteiger partial charge in [0.15, 0.2) is 0 Å². The molecule has 2 aliphatic rings. The SMILES string of the molecule is O=C(Nc1ccc(Cl)cc1Cl)N1C[C@H]2C[C@H](C1)c1cccc(=O)n1C2. The lowest BCUT2D eigenvalue weighted by molar-refractivity contribution is 0.139. The van der Waals surface area contributed by atoms with Crippen LogP contribution in [0.1, 0.15) is 18.0 Å². The summed E-state index contributed by atoms with van der Waals surface area (Å²) in [5.41, 5.74) is 1.60. The maximum atomic E-state index is 12.7. The van der Waals surface area contributed by atoms with E-state index >= 15 is 0 Å². The number of anilines is 1. The van der Waals surface area contributed by atoms with Gasteiger partial charge in [-0.25, -0.2) is 4.79 Å². The monoisotopic (exact) mass is 377 g/mol.